The van der Waals surface area contributed by atoms with Crippen LogP contribution in [0.25, 0.3) is 0 Å². The summed E-state index contributed by atoms with van der Waals surface area (Å²) in [6, 6.07) is 22.5. The van der Waals surface area contributed by atoms with E-state index >= 15 is 0 Å². The van der Waals surface area contributed by atoms with Crippen molar-refractivity contribution < 1.29 is 36.3 Å². The van der Waals surface area contributed by atoms with Gasteiger partial charge in [-0.15, -0.1) is 0 Å². The van der Waals surface area contributed by atoms with Gasteiger partial charge in [0, 0.05) is 18.8 Å². The molecule has 2 N–H and O–H groups in total. The summed E-state index contributed by atoms with van der Waals surface area (Å²) in [4.78, 5) is 27.7. The van der Waals surface area contributed by atoms with E-state index in [9.17, 15) is 26.8 Å². The van der Waals surface area contributed by atoms with Crippen LogP contribution in [0.5, 0.6) is 11.5 Å². The van der Waals surface area contributed by atoms with E-state index in [0.717, 1.165) is 23.4 Å². The van der Waals surface area contributed by atoms with Crippen molar-refractivity contribution in [1.82, 2.24) is 10.2 Å². The molecule has 0 radical (unpaired) electrons. The van der Waals surface area contributed by atoms with Crippen molar-refractivity contribution in [1.29, 1.82) is 0 Å². The molecule has 1 atom stereocenters. The summed E-state index contributed by atoms with van der Waals surface area (Å²) in [6.07, 6.45) is 0.572. The molecule has 0 bridgehead atoms. The highest BCUT2D eigenvalue weighted by atomic mass is 32.2. The van der Waals surface area contributed by atoms with Gasteiger partial charge in [0.15, 0.2) is 6.61 Å². The molecule has 0 aromatic heterocycles. The van der Waals surface area contributed by atoms with E-state index in [2.05, 4.69) is 10.0 Å². The summed E-state index contributed by atoms with van der Waals surface area (Å²) in [6.45, 7) is 1.53. The van der Waals surface area contributed by atoms with Gasteiger partial charge in [-0.25, -0.2) is 17.2 Å². The van der Waals surface area contributed by atoms with Gasteiger partial charge in [0.2, 0.25) is 5.91 Å². The molecule has 0 aliphatic carbocycles. The largest absolute Gasteiger partial charge is 0.497 e. The van der Waals surface area contributed by atoms with Crippen LogP contribution in [-0.2, 0) is 32.6 Å². The first-order chi connectivity index (χ1) is 21.5. The highest BCUT2D eigenvalue weighted by molar-refractivity contribution is 7.92. The molecule has 2 amide bonds. The first-order valence-corrected chi connectivity index (χ1v) is 15.5. The van der Waals surface area contributed by atoms with Crippen LogP contribution in [0.4, 0.5) is 14.5 Å². The molecule has 0 aliphatic heterocycles. The maximum absolute atomic E-state index is 13.5. The Kier molecular flexibility index (Phi) is 11.1. The molecule has 4 rings (SSSR count). The van der Waals surface area contributed by atoms with Crippen LogP contribution in [0.1, 0.15) is 18.1 Å². The number of sulfonamides is 1. The van der Waals surface area contributed by atoms with E-state index in [1.807, 2.05) is 24.3 Å². The van der Waals surface area contributed by atoms with Crippen LogP contribution in [0.3, 0.4) is 0 Å². The second kappa shape index (κ2) is 15.2. The zero-order valence-corrected chi connectivity index (χ0v) is 25.5. The number of nitrogens with zero attached hydrogens (tertiary/aromatic N) is 1. The maximum Gasteiger partial charge on any atom is 0.261 e. The van der Waals surface area contributed by atoms with Crippen LogP contribution in [0.2, 0.25) is 0 Å². The number of anilines is 1. The summed E-state index contributed by atoms with van der Waals surface area (Å²) in [5.41, 5.74) is 1.81. The Hall–Kier alpha value is -4.97. The predicted molar refractivity (Wildman–Crippen MR) is 165 cm³/mol. The van der Waals surface area contributed by atoms with E-state index in [0.29, 0.717) is 18.5 Å². The van der Waals surface area contributed by atoms with Gasteiger partial charge in [-0.2, -0.15) is 0 Å². The molecule has 9 nitrogen and oxygen atoms in total. The fourth-order valence-electron chi connectivity index (χ4n) is 4.31. The number of ether oxygens (including phenoxy) is 2. The number of halogens is 2. The van der Waals surface area contributed by atoms with E-state index < -0.39 is 40.2 Å². The predicted octanol–water partition coefficient (Wildman–Crippen LogP) is 4.93. The molecule has 0 fully saturated rings. The third kappa shape index (κ3) is 9.51. The van der Waals surface area contributed by atoms with Crippen LogP contribution in [0.15, 0.2) is 102 Å². The summed E-state index contributed by atoms with van der Waals surface area (Å²) in [7, 11) is -2.37. The lowest BCUT2D eigenvalue weighted by Gasteiger charge is -2.28. The molecule has 0 aliphatic rings. The number of hydrogen-bond acceptors (Lipinski definition) is 6. The fraction of sp³-hybridized carbons (Fsp3) is 0.212. The van der Waals surface area contributed by atoms with Gasteiger partial charge in [-0.05, 0) is 97.3 Å². The van der Waals surface area contributed by atoms with Gasteiger partial charge in [-0.1, -0.05) is 24.3 Å². The van der Waals surface area contributed by atoms with Crippen molar-refractivity contribution in [3.8, 4) is 11.5 Å². The summed E-state index contributed by atoms with van der Waals surface area (Å²) in [5.74, 6) is -0.850. The number of rotatable bonds is 14. The molecular formula is C33H33F2N3O6S. The molecular weight excluding hydrogens is 604 g/mol. The topological polar surface area (TPSA) is 114 Å². The van der Waals surface area contributed by atoms with Crippen LogP contribution in [0, 0.1) is 11.6 Å². The first-order valence-electron chi connectivity index (χ1n) is 14.0. The summed E-state index contributed by atoms with van der Waals surface area (Å²) in [5, 5.41) is 2.86. The first kappa shape index (κ1) is 32.9. The number of amides is 2. The maximum atomic E-state index is 13.5. The van der Waals surface area contributed by atoms with Gasteiger partial charge in [-0.3, -0.25) is 14.3 Å². The quantitative estimate of drug-likeness (QED) is 0.203. The molecule has 236 valence electrons. The summed E-state index contributed by atoms with van der Waals surface area (Å²) >= 11 is 0. The minimum Gasteiger partial charge on any atom is -0.497 e. The molecule has 0 saturated heterocycles. The molecule has 0 heterocycles. The van der Waals surface area contributed by atoms with E-state index in [1.165, 1.54) is 65.6 Å². The second-order valence-electron chi connectivity index (χ2n) is 10.1. The molecule has 4 aromatic carbocycles. The number of methoxy groups -OCH3 is 1. The smallest absolute Gasteiger partial charge is 0.261 e. The lowest BCUT2D eigenvalue weighted by molar-refractivity contribution is -0.142. The Bertz CT molecular complexity index is 1680. The zero-order chi connectivity index (χ0) is 32.4. The standard InChI is InChI=1S/C33H33F2N3O6S/c1-23(33(40)36-20-19-24-5-13-29(43-2)14-6-24)38(21-25-3-7-26(34)8-4-25)32(39)22-44-30-15-17-31(18-16-30)45(41,42)37-28-11-9-27(35)10-12-28/h3-18,23,37H,19-22H2,1-2H3,(H,36,40). The highest BCUT2D eigenvalue weighted by Crippen LogP contribution is 2.20. The molecule has 12 heteroatoms. The van der Waals surface area contributed by atoms with Crippen LogP contribution in [-0.4, -0.2) is 51.4 Å². The lowest BCUT2D eigenvalue weighted by atomic mass is 10.1. The van der Waals surface area contributed by atoms with E-state index in [1.54, 1.807) is 14.0 Å². The fourth-order valence-corrected chi connectivity index (χ4v) is 5.37. The molecule has 0 spiro atoms. The molecule has 1 unspecified atom stereocenters. The zero-order valence-electron chi connectivity index (χ0n) is 24.7. The number of nitrogens with one attached hydrogen (secondary N) is 2. The van der Waals surface area contributed by atoms with Gasteiger partial charge >= 0.3 is 0 Å². The molecule has 4 aromatic rings. The molecule has 0 saturated carbocycles. The Balaban J connectivity index is 1.38. The van der Waals surface area contributed by atoms with Crippen molar-refractivity contribution in [3.63, 3.8) is 0 Å². The van der Waals surface area contributed by atoms with Crippen LogP contribution < -0.4 is 19.5 Å². The monoisotopic (exact) mass is 637 g/mol. The van der Waals surface area contributed by atoms with Crippen molar-refractivity contribution in [2.75, 3.05) is 25.0 Å². The minimum absolute atomic E-state index is 0.0295. The van der Waals surface area contributed by atoms with Crippen molar-refractivity contribution >= 4 is 27.5 Å². The van der Waals surface area contributed by atoms with Crippen molar-refractivity contribution in [3.05, 3.63) is 120 Å². The normalized spacial score (nSPS) is 11.7. The average Bonchev–Trinajstić information content (AvgIpc) is 3.04. The second-order valence-corrected chi connectivity index (χ2v) is 11.8. The van der Waals surface area contributed by atoms with Gasteiger partial charge < -0.3 is 19.7 Å². The number of carbonyl (C=O) groups is 2. The van der Waals surface area contributed by atoms with E-state index in [-0.39, 0.29) is 28.8 Å². The van der Waals surface area contributed by atoms with Crippen molar-refractivity contribution in [2.24, 2.45) is 0 Å². The number of carbonyl (C=O) groups excluding carboxylic acids is 2. The van der Waals surface area contributed by atoms with E-state index in [4.69, 9.17) is 9.47 Å². The number of benzene rings is 4. The lowest BCUT2D eigenvalue weighted by Crippen LogP contribution is -2.49. The Morgan fingerprint density at radius 3 is 1.96 bits per heavy atom. The van der Waals surface area contributed by atoms with Gasteiger partial charge in [0.1, 0.15) is 29.2 Å². The van der Waals surface area contributed by atoms with Gasteiger partial charge in [0.05, 0.1) is 12.0 Å². The Morgan fingerprint density at radius 1 is 0.800 bits per heavy atom. The Labute approximate surface area is 260 Å². The SMILES string of the molecule is COc1ccc(CCNC(=O)C(C)N(Cc2ccc(F)cc2)C(=O)COc2ccc(S(=O)(=O)Nc3ccc(F)cc3)cc2)cc1. The average molecular weight is 638 g/mol. The third-order valence-corrected chi connectivity index (χ3v) is 8.30. The highest BCUT2D eigenvalue weighted by Gasteiger charge is 2.26. The van der Waals surface area contributed by atoms with Crippen LogP contribution >= 0.6 is 0 Å². The molecule has 45 heavy (non-hydrogen) atoms. The Morgan fingerprint density at radius 2 is 1.36 bits per heavy atom. The minimum atomic E-state index is -3.95. The summed E-state index contributed by atoms with van der Waals surface area (Å²) < 4.78 is 65.2. The van der Waals surface area contributed by atoms with Crippen molar-refractivity contribution in [2.45, 2.75) is 30.8 Å². The van der Waals surface area contributed by atoms with Gasteiger partial charge in [0.25, 0.3) is 15.9 Å². The third-order valence-electron chi connectivity index (χ3n) is 6.90. The number of hydrogen-bond donors (Lipinski definition) is 2.